The number of sulfone groups is 1. The van der Waals surface area contributed by atoms with Crippen molar-refractivity contribution in [3.8, 4) is 0 Å². The molecule has 6 nitrogen and oxygen atoms in total. The Balaban J connectivity index is 2.30. The number of hydrogen-bond acceptors (Lipinski definition) is 5. The van der Waals surface area contributed by atoms with Crippen molar-refractivity contribution in [2.75, 3.05) is 23.8 Å². The fourth-order valence-corrected chi connectivity index (χ4v) is 4.98. The third kappa shape index (κ3) is 3.06. The van der Waals surface area contributed by atoms with Gasteiger partial charge in [0, 0.05) is 36.1 Å². The highest BCUT2D eigenvalue weighted by Gasteiger charge is 2.36. The van der Waals surface area contributed by atoms with Crippen molar-refractivity contribution < 1.29 is 13.2 Å². The van der Waals surface area contributed by atoms with Crippen LogP contribution in [0, 0.1) is 0 Å². The van der Waals surface area contributed by atoms with Crippen LogP contribution in [-0.4, -0.2) is 53.4 Å². The molecule has 0 radical (unpaired) electrons. The van der Waals surface area contributed by atoms with E-state index in [1.807, 2.05) is 0 Å². The summed E-state index contributed by atoms with van der Waals surface area (Å²) in [7, 11) is -3.32. The Bertz CT molecular complexity index is 633. The SMILES string of the molecule is CCS(=O)(=O)C1CSCCN1C(=O)c1ccc(=O)[nH]c1. The lowest BCUT2D eigenvalue weighted by Crippen LogP contribution is -2.50. The van der Waals surface area contributed by atoms with E-state index < -0.39 is 15.2 Å². The highest BCUT2D eigenvalue weighted by molar-refractivity contribution is 8.01. The summed E-state index contributed by atoms with van der Waals surface area (Å²) >= 11 is 1.53. The van der Waals surface area contributed by atoms with Crippen molar-refractivity contribution in [2.45, 2.75) is 12.3 Å². The third-order valence-corrected chi connectivity index (χ3v) is 6.48. The van der Waals surface area contributed by atoms with E-state index in [0.717, 1.165) is 0 Å². The number of aromatic amines is 1. The molecule has 1 saturated heterocycles. The summed E-state index contributed by atoms with van der Waals surface area (Å²) in [5, 5.41) is -0.786. The van der Waals surface area contributed by atoms with Crippen LogP contribution in [-0.2, 0) is 9.84 Å². The molecule has 20 heavy (non-hydrogen) atoms. The molecule has 0 aromatic carbocycles. The second-order valence-corrected chi connectivity index (χ2v) is 8.02. The number of amides is 1. The first-order valence-electron chi connectivity index (χ1n) is 6.24. The zero-order valence-corrected chi connectivity index (χ0v) is 12.7. The number of hydrogen-bond donors (Lipinski definition) is 1. The predicted octanol–water partition coefficient (Wildman–Crippen LogP) is 0.325. The van der Waals surface area contributed by atoms with E-state index in [1.165, 1.54) is 35.0 Å². The van der Waals surface area contributed by atoms with Crippen LogP contribution in [0.25, 0.3) is 0 Å². The van der Waals surface area contributed by atoms with Gasteiger partial charge in [-0.2, -0.15) is 11.8 Å². The van der Waals surface area contributed by atoms with Gasteiger partial charge in [-0.15, -0.1) is 0 Å². The maximum absolute atomic E-state index is 12.4. The predicted molar refractivity (Wildman–Crippen MR) is 78.7 cm³/mol. The van der Waals surface area contributed by atoms with Crippen LogP contribution in [0.3, 0.4) is 0 Å². The first-order chi connectivity index (χ1) is 9.45. The second kappa shape index (κ2) is 6.01. The van der Waals surface area contributed by atoms with E-state index in [-0.39, 0.29) is 17.2 Å². The van der Waals surface area contributed by atoms with Crippen molar-refractivity contribution >= 4 is 27.5 Å². The molecule has 1 amide bonds. The number of carbonyl (C=O) groups is 1. The highest BCUT2D eigenvalue weighted by atomic mass is 32.2. The largest absolute Gasteiger partial charge is 0.328 e. The molecule has 1 unspecified atom stereocenters. The number of H-pyrrole nitrogens is 1. The molecule has 2 heterocycles. The van der Waals surface area contributed by atoms with E-state index in [0.29, 0.717) is 23.6 Å². The molecule has 1 N–H and O–H groups in total. The third-order valence-electron chi connectivity index (χ3n) is 3.19. The van der Waals surface area contributed by atoms with Gasteiger partial charge in [-0.25, -0.2) is 8.42 Å². The zero-order chi connectivity index (χ0) is 14.8. The van der Waals surface area contributed by atoms with Crippen LogP contribution < -0.4 is 5.56 Å². The molecule has 1 fully saturated rings. The monoisotopic (exact) mass is 316 g/mol. The number of pyridine rings is 1. The van der Waals surface area contributed by atoms with Gasteiger partial charge < -0.3 is 9.88 Å². The van der Waals surface area contributed by atoms with Crippen molar-refractivity contribution in [1.29, 1.82) is 0 Å². The van der Waals surface area contributed by atoms with Crippen LogP contribution in [0.4, 0.5) is 0 Å². The Kier molecular flexibility index (Phi) is 4.54. The zero-order valence-electron chi connectivity index (χ0n) is 11.0. The number of aromatic nitrogens is 1. The highest BCUT2D eigenvalue weighted by Crippen LogP contribution is 2.23. The molecule has 1 aromatic heterocycles. The number of thioether (sulfide) groups is 1. The summed E-state index contributed by atoms with van der Waals surface area (Å²) in [4.78, 5) is 27.2. The van der Waals surface area contributed by atoms with E-state index >= 15 is 0 Å². The summed E-state index contributed by atoms with van der Waals surface area (Å²) < 4.78 is 24.2. The minimum atomic E-state index is -3.32. The van der Waals surface area contributed by atoms with E-state index in [1.54, 1.807) is 6.92 Å². The van der Waals surface area contributed by atoms with E-state index in [4.69, 9.17) is 0 Å². The Morgan fingerprint density at radius 1 is 1.50 bits per heavy atom. The Morgan fingerprint density at radius 3 is 2.85 bits per heavy atom. The Morgan fingerprint density at radius 2 is 2.25 bits per heavy atom. The minimum absolute atomic E-state index is 0.00757. The normalized spacial score (nSPS) is 19.9. The Labute approximate surface area is 121 Å². The van der Waals surface area contributed by atoms with Gasteiger partial charge in [-0.3, -0.25) is 9.59 Å². The Hall–Kier alpha value is -1.28. The van der Waals surface area contributed by atoms with Crippen molar-refractivity contribution in [3.05, 3.63) is 34.2 Å². The lowest BCUT2D eigenvalue weighted by Gasteiger charge is -2.34. The van der Waals surface area contributed by atoms with Gasteiger partial charge in [0.1, 0.15) is 5.37 Å². The molecule has 110 valence electrons. The molecule has 0 aliphatic carbocycles. The van der Waals surface area contributed by atoms with E-state index in [2.05, 4.69) is 4.98 Å². The van der Waals surface area contributed by atoms with Crippen LogP contribution in [0.2, 0.25) is 0 Å². The number of rotatable bonds is 3. The van der Waals surface area contributed by atoms with Crippen molar-refractivity contribution in [3.63, 3.8) is 0 Å². The summed E-state index contributed by atoms with van der Waals surface area (Å²) in [6.45, 7) is 1.98. The maximum Gasteiger partial charge on any atom is 0.256 e. The molecule has 8 heteroatoms. The molecule has 2 rings (SSSR count). The van der Waals surface area contributed by atoms with E-state index in [9.17, 15) is 18.0 Å². The van der Waals surface area contributed by atoms with Crippen LogP contribution >= 0.6 is 11.8 Å². The summed E-state index contributed by atoms with van der Waals surface area (Å²) in [5.74, 6) is 0.757. The van der Waals surface area contributed by atoms with Crippen molar-refractivity contribution in [2.24, 2.45) is 0 Å². The van der Waals surface area contributed by atoms with Gasteiger partial charge in [0.25, 0.3) is 5.91 Å². The van der Waals surface area contributed by atoms with Gasteiger partial charge in [0.05, 0.1) is 5.56 Å². The molecule has 1 aliphatic heterocycles. The van der Waals surface area contributed by atoms with Gasteiger partial charge in [-0.05, 0) is 6.07 Å². The molecular formula is C12H16N2O4S2. The van der Waals surface area contributed by atoms with Crippen molar-refractivity contribution in [1.82, 2.24) is 9.88 Å². The van der Waals surface area contributed by atoms with Gasteiger partial charge in [0.15, 0.2) is 9.84 Å². The van der Waals surface area contributed by atoms with Crippen LogP contribution in [0.15, 0.2) is 23.1 Å². The fourth-order valence-electron chi connectivity index (χ4n) is 2.01. The molecular weight excluding hydrogens is 300 g/mol. The fraction of sp³-hybridized carbons (Fsp3) is 0.500. The van der Waals surface area contributed by atoms with Crippen LogP contribution in [0.5, 0.6) is 0 Å². The summed E-state index contributed by atoms with van der Waals surface area (Å²) in [6, 6.07) is 2.67. The lowest BCUT2D eigenvalue weighted by atomic mass is 10.2. The molecule has 0 spiro atoms. The average molecular weight is 316 g/mol. The summed E-state index contributed by atoms with van der Waals surface area (Å²) in [6.07, 6.45) is 1.32. The van der Waals surface area contributed by atoms with Gasteiger partial charge in [0.2, 0.25) is 5.56 Å². The average Bonchev–Trinajstić information content (AvgIpc) is 2.47. The number of nitrogens with zero attached hydrogens (tertiary/aromatic N) is 1. The quantitative estimate of drug-likeness (QED) is 0.868. The molecule has 0 bridgehead atoms. The maximum atomic E-state index is 12.4. The second-order valence-electron chi connectivity index (χ2n) is 4.42. The topological polar surface area (TPSA) is 87.3 Å². The number of nitrogens with one attached hydrogen (secondary N) is 1. The smallest absolute Gasteiger partial charge is 0.256 e. The van der Waals surface area contributed by atoms with Gasteiger partial charge >= 0.3 is 0 Å². The first kappa shape index (κ1) is 15.1. The number of carbonyl (C=O) groups excluding carboxylic acids is 1. The molecule has 1 aromatic rings. The lowest BCUT2D eigenvalue weighted by molar-refractivity contribution is 0.0749. The minimum Gasteiger partial charge on any atom is -0.328 e. The van der Waals surface area contributed by atoms with Crippen LogP contribution in [0.1, 0.15) is 17.3 Å². The molecule has 0 saturated carbocycles. The van der Waals surface area contributed by atoms with Gasteiger partial charge in [-0.1, -0.05) is 6.92 Å². The first-order valence-corrected chi connectivity index (χ1v) is 9.11. The molecule has 1 atom stereocenters. The standard InChI is InChI=1S/C12H16N2O4S2/c1-2-20(17,18)11-8-19-6-5-14(11)12(16)9-3-4-10(15)13-7-9/h3-4,7,11H,2,5-6,8H2,1H3,(H,13,15). The molecule has 1 aliphatic rings. The summed E-state index contributed by atoms with van der Waals surface area (Å²) in [5.41, 5.74) is 0.00119.